The summed E-state index contributed by atoms with van der Waals surface area (Å²) < 4.78 is 0. The largest absolute Gasteiger partial charge is 0.335 e. The monoisotopic (exact) mass is 353 g/mol. The van der Waals surface area contributed by atoms with E-state index in [2.05, 4.69) is 20.8 Å². The maximum Gasteiger partial charge on any atom is 0.289 e. The predicted molar refractivity (Wildman–Crippen MR) is 92.3 cm³/mol. The van der Waals surface area contributed by atoms with Crippen molar-refractivity contribution in [2.24, 2.45) is 5.92 Å². The lowest BCUT2D eigenvalue weighted by Gasteiger charge is -2.25. The standard InChI is InChI=1S/C18H19N5O3/c1-12(13-5-3-2-4-6-13)23-11-14(9-16(23)24)17(25)21-22-18(26)15-10-19-7-8-20-15/h2-8,10,12,14H,9,11H2,1H3,(H,21,25)(H,22,26). The van der Waals surface area contributed by atoms with Crippen LogP contribution in [0.15, 0.2) is 48.9 Å². The van der Waals surface area contributed by atoms with Crippen LogP contribution in [0.5, 0.6) is 0 Å². The molecular weight excluding hydrogens is 334 g/mol. The average Bonchev–Trinajstić information content (AvgIpc) is 3.08. The van der Waals surface area contributed by atoms with Crippen molar-refractivity contribution in [1.82, 2.24) is 25.7 Å². The fraction of sp³-hybridized carbons (Fsp3) is 0.278. The number of hydrogen-bond donors (Lipinski definition) is 2. The Morgan fingerprint density at radius 1 is 1.19 bits per heavy atom. The molecule has 2 unspecified atom stereocenters. The summed E-state index contributed by atoms with van der Waals surface area (Å²) in [4.78, 5) is 45.8. The minimum atomic E-state index is -0.565. The zero-order valence-electron chi connectivity index (χ0n) is 14.3. The molecule has 8 nitrogen and oxygen atoms in total. The molecule has 2 heterocycles. The van der Waals surface area contributed by atoms with E-state index in [0.29, 0.717) is 6.54 Å². The van der Waals surface area contributed by atoms with Gasteiger partial charge in [-0.2, -0.15) is 0 Å². The maximum absolute atomic E-state index is 12.3. The van der Waals surface area contributed by atoms with Gasteiger partial charge in [0.15, 0.2) is 0 Å². The second kappa shape index (κ2) is 7.73. The van der Waals surface area contributed by atoms with Crippen molar-refractivity contribution in [2.75, 3.05) is 6.54 Å². The molecule has 1 aromatic carbocycles. The van der Waals surface area contributed by atoms with Crippen molar-refractivity contribution in [3.63, 3.8) is 0 Å². The van der Waals surface area contributed by atoms with Crippen LogP contribution in [0.25, 0.3) is 0 Å². The molecule has 3 amide bonds. The Hall–Kier alpha value is -3.29. The van der Waals surface area contributed by atoms with Crippen molar-refractivity contribution in [2.45, 2.75) is 19.4 Å². The molecule has 8 heteroatoms. The highest BCUT2D eigenvalue weighted by molar-refractivity contribution is 5.94. The quantitative estimate of drug-likeness (QED) is 0.793. The maximum atomic E-state index is 12.3. The van der Waals surface area contributed by atoms with Crippen LogP contribution in [-0.4, -0.2) is 39.1 Å². The number of nitrogens with one attached hydrogen (secondary N) is 2. The Kier molecular flexibility index (Phi) is 5.21. The molecule has 0 spiro atoms. The Bertz CT molecular complexity index is 797. The Balaban J connectivity index is 1.56. The van der Waals surface area contributed by atoms with Gasteiger partial charge in [-0.15, -0.1) is 0 Å². The van der Waals surface area contributed by atoms with Crippen LogP contribution >= 0.6 is 0 Å². The minimum absolute atomic E-state index is 0.0817. The van der Waals surface area contributed by atoms with Gasteiger partial charge in [0, 0.05) is 25.4 Å². The van der Waals surface area contributed by atoms with Crippen LogP contribution in [0.1, 0.15) is 35.4 Å². The van der Waals surface area contributed by atoms with E-state index in [1.165, 1.54) is 18.6 Å². The summed E-state index contributed by atoms with van der Waals surface area (Å²) in [6.45, 7) is 2.24. The second-order valence-electron chi connectivity index (χ2n) is 6.07. The van der Waals surface area contributed by atoms with E-state index in [9.17, 15) is 14.4 Å². The van der Waals surface area contributed by atoms with E-state index in [4.69, 9.17) is 0 Å². The Morgan fingerprint density at radius 3 is 2.65 bits per heavy atom. The third kappa shape index (κ3) is 3.85. The first-order valence-electron chi connectivity index (χ1n) is 8.27. The van der Waals surface area contributed by atoms with Crippen LogP contribution in [0.3, 0.4) is 0 Å². The van der Waals surface area contributed by atoms with Crippen LogP contribution in [0, 0.1) is 5.92 Å². The molecule has 0 radical (unpaired) electrons. The molecule has 2 N–H and O–H groups in total. The topological polar surface area (TPSA) is 104 Å². The fourth-order valence-corrected chi connectivity index (χ4v) is 2.89. The van der Waals surface area contributed by atoms with Gasteiger partial charge < -0.3 is 4.90 Å². The van der Waals surface area contributed by atoms with E-state index >= 15 is 0 Å². The van der Waals surface area contributed by atoms with Gasteiger partial charge in [0.05, 0.1) is 18.2 Å². The highest BCUT2D eigenvalue weighted by Crippen LogP contribution is 2.28. The number of hydrogen-bond acceptors (Lipinski definition) is 5. The van der Waals surface area contributed by atoms with E-state index in [1.807, 2.05) is 37.3 Å². The van der Waals surface area contributed by atoms with Gasteiger partial charge in [-0.3, -0.25) is 30.2 Å². The lowest BCUT2D eigenvalue weighted by Crippen LogP contribution is -2.45. The smallest absolute Gasteiger partial charge is 0.289 e. The third-order valence-electron chi connectivity index (χ3n) is 4.37. The van der Waals surface area contributed by atoms with Crippen LogP contribution in [0.2, 0.25) is 0 Å². The second-order valence-corrected chi connectivity index (χ2v) is 6.07. The molecule has 1 aromatic heterocycles. The van der Waals surface area contributed by atoms with E-state index in [1.54, 1.807) is 4.90 Å². The van der Waals surface area contributed by atoms with Gasteiger partial charge in [-0.25, -0.2) is 4.98 Å². The number of carbonyl (C=O) groups is 3. The number of carbonyl (C=O) groups excluding carboxylic acids is 3. The SMILES string of the molecule is CC(c1ccccc1)N1CC(C(=O)NNC(=O)c2cnccn2)CC1=O. The summed E-state index contributed by atoms with van der Waals surface area (Å²) in [6, 6.07) is 9.53. The first-order chi connectivity index (χ1) is 12.6. The number of likely N-dealkylation sites (tertiary alicyclic amines) is 1. The molecule has 26 heavy (non-hydrogen) atoms. The molecule has 134 valence electrons. The number of benzene rings is 1. The lowest BCUT2D eigenvalue weighted by molar-refractivity contribution is -0.130. The van der Waals surface area contributed by atoms with Gasteiger partial charge >= 0.3 is 0 Å². The van der Waals surface area contributed by atoms with Crippen LogP contribution in [0.4, 0.5) is 0 Å². The van der Waals surface area contributed by atoms with E-state index in [0.717, 1.165) is 5.56 Å². The van der Waals surface area contributed by atoms with Gasteiger partial charge in [-0.1, -0.05) is 30.3 Å². The predicted octanol–water partition coefficient (Wildman–Crippen LogP) is 0.847. The van der Waals surface area contributed by atoms with Gasteiger partial charge in [0.1, 0.15) is 5.69 Å². The summed E-state index contributed by atoms with van der Waals surface area (Å²) in [7, 11) is 0. The number of hydrazine groups is 1. The van der Waals surface area contributed by atoms with Gasteiger partial charge in [0.25, 0.3) is 5.91 Å². The number of amides is 3. The molecule has 1 aliphatic rings. The van der Waals surface area contributed by atoms with Crippen molar-refractivity contribution < 1.29 is 14.4 Å². The molecule has 3 rings (SSSR count). The average molecular weight is 353 g/mol. The molecule has 2 atom stereocenters. The molecule has 0 aliphatic carbocycles. The zero-order valence-corrected chi connectivity index (χ0v) is 14.3. The third-order valence-corrected chi connectivity index (χ3v) is 4.37. The fourth-order valence-electron chi connectivity index (χ4n) is 2.89. The summed E-state index contributed by atoms with van der Waals surface area (Å²) in [5, 5.41) is 0. The zero-order chi connectivity index (χ0) is 18.5. The summed E-state index contributed by atoms with van der Waals surface area (Å²) in [6.07, 6.45) is 4.24. The number of nitrogens with zero attached hydrogens (tertiary/aromatic N) is 3. The van der Waals surface area contributed by atoms with Crippen molar-refractivity contribution in [3.8, 4) is 0 Å². The first kappa shape index (κ1) is 17.5. The summed E-state index contributed by atoms with van der Waals surface area (Å²) in [5.74, 6) is -1.57. The molecule has 2 aromatic rings. The molecule has 0 bridgehead atoms. The van der Waals surface area contributed by atoms with E-state index < -0.39 is 17.7 Å². The summed E-state index contributed by atoms with van der Waals surface area (Å²) >= 11 is 0. The summed E-state index contributed by atoms with van der Waals surface area (Å²) in [5.41, 5.74) is 5.76. The molecule has 1 aliphatic heterocycles. The molecule has 1 fully saturated rings. The number of aromatic nitrogens is 2. The van der Waals surface area contributed by atoms with Crippen LogP contribution < -0.4 is 10.9 Å². The minimum Gasteiger partial charge on any atom is -0.335 e. The molecular formula is C18H19N5O3. The van der Waals surface area contributed by atoms with Gasteiger partial charge in [-0.05, 0) is 12.5 Å². The highest BCUT2D eigenvalue weighted by Gasteiger charge is 2.37. The first-order valence-corrected chi connectivity index (χ1v) is 8.27. The van der Waals surface area contributed by atoms with E-state index in [-0.39, 0.29) is 24.1 Å². The van der Waals surface area contributed by atoms with Gasteiger partial charge in [0.2, 0.25) is 11.8 Å². The number of rotatable bonds is 4. The lowest BCUT2D eigenvalue weighted by atomic mass is 10.1. The highest BCUT2D eigenvalue weighted by atomic mass is 16.2. The van der Waals surface area contributed by atoms with Crippen molar-refractivity contribution in [3.05, 3.63) is 60.2 Å². The normalized spacial score (nSPS) is 17.7. The van der Waals surface area contributed by atoms with Crippen molar-refractivity contribution in [1.29, 1.82) is 0 Å². The van der Waals surface area contributed by atoms with Crippen molar-refractivity contribution >= 4 is 17.7 Å². The molecule has 1 saturated heterocycles. The molecule has 0 saturated carbocycles. The Morgan fingerprint density at radius 2 is 1.96 bits per heavy atom. The van der Waals surface area contributed by atoms with Crippen LogP contribution in [-0.2, 0) is 9.59 Å². The Labute approximate surface area is 150 Å².